The summed E-state index contributed by atoms with van der Waals surface area (Å²) in [5, 5.41) is 0. The maximum atomic E-state index is 6.00. The summed E-state index contributed by atoms with van der Waals surface area (Å²) >= 11 is 0. The van der Waals surface area contributed by atoms with E-state index in [2.05, 4.69) is 60.4 Å². The van der Waals surface area contributed by atoms with Crippen LogP contribution in [-0.4, -0.2) is 25.7 Å². The predicted octanol–water partition coefficient (Wildman–Crippen LogP) is 5.63. The largest absolute Gasteiger partial charge is 0.381 e. The molecule has 0 aromatic rings. The molecular formula is C22H48ClN3O. The first kappa shape index (κ1) is 28.7. The van der Waals surface area contributed by atoms with Crippen molar-refractivity contribution < 1.29 is 4.74 Å². The van der Waals surface area contributed by atoms with Gasteiger partial charge in [-0.05, 0) is 54.3 Å². The van der Waals surface area contributed by atoms with Gasteiger partial charge in [0.25, 0.3) is 0 Å². The minimum absolute atomic E-state index is 0. The average molecular weight is 406 g/mol. The molecule has 0 rings (SSSR count). The Kier molecular flexibility index (Phi) is 14.5. The topological polar surface area (TPSA) is 73.6 Å². The summed E-state index contributed by atoms with van der Waals surface area (Å²) in [6.45, 7) is 21.0. The van der Waals surface area contributed by atoms with Crippen LogP contribution in [-0.2, 0) is 4.74 Å². The smallest absolute Gasteiger partial charge is 0.185 e. The Balaban J connectivity index is 0. The van der Waals surface area contributed by atoms with Gasteiger partial charge in [-0.25, -0.2) is 0 Å². The maximum absolute atomic E-state index is 6.00. The lowest BCUT2D eigenvalue weighted by Crippen LogP contribution is -2.24. The summed E-state index contributed by atoms with van der Waals surface area (Å²) in [6.07, 6.45) is 5.93. The molecule has 0 aromatic heterocycles. The third kappa shape index (κ3) is 18.6. The Morgan fingerprint density at radius 1 is 0.926 bits per heavy atom. The quantitative estimate of drug-likeness (QED) is 0.251. The molecule has 0 aromatic carbocycles. The number of ether oxygens (including phenoxy) is 1. The van der Waals surface area contributed by atoms with Crippen LogP contribution in [0.2, 0.25) is 0 Å². The number of hydrogen-bond acceptors (Lipinski definition) is 2. The second-order valence-electron chi connectivity index (χ2n) is 10.7. The second-order valence-corrected chi connectivity index (χ2v) is 10.7. The number of halogens is 1. The summed E-state index contributed by atoms with van der Waals surface area (Å²) in [5.41, 5.74) is 11.5. The molecule has 0 aliphatic heterocycles. The normalized spacial score (nSPS) is 15.6. The molecule has 3 unspecified atom stereocenters. The molecule has 3 atom stereocenters. The SMILES string of the molecule is CC(CCC(COCCCN=C(N)N)C(C)CC(C)(C)C)CC(C)(C)C.Cl. The number of guanidine groups is 1. The van der Waals surface area contributed by atoms with Gasteiger partial charge < -0.3 is 16.2 Å². The molecule has 164 valence electrons. The van der Waals surface area contributed by atoms with Crippen molar-refractivity contribution >= 4 is 18.4 Å². The van der Waals surface area contributed by atoms with E-state index in [1.54, 1.807) is 0 Å². The summed E-state index contributed by atoms with van der Waals surface area (Å²) in [6, 6.07) is 0. The fraction of sp³-hybridized carbons (Fsp3) is 0.955. The first-order valence-corrected chi connectivity index (χ1v) is 10.4. The number of aliphatic imine (C=N–C) groups is 1. The van der Waals surface area contributed by atoms with Crippen LogP contribution in [0.5, 0.6) is 0 Å². The van der Waals surface area contributed by atoms with E-state index in [-0.39, 0.29) is 18.4 Å². The third-order valence-electron chi connectivity index (χ3n) is 4.80. The van der Waals surface area contributed by atoms with E-state index in [9.17, 15) is 0 Å². The van der Waals surface area contributed by atoms with Gasteiger partial charge in [-0.3, -0.25) is 4.99 Å². The molecule has 0 spiro atoms. The van der Waals surface area contributed by atoms with Crippen molar-refractivity contribution in [3.8, 4) is 0 Å². The van der Waals surface area contributed by atoms with Crippen LogP contribution in [0.1, 0.15) is 87.5 Å². The Bertz CT molecular complexity index is 395. The van der Waals surface area contributed by atoms with Gasteiger partial charge in [0.05, 0.1) is 0 Å². The fourth-order valence-electron chi connectivity index (χ4n) is 3.92. The number of nitrogens with two attached hydrogens (primary N) is 2. The highest BCUT2D eigenvalue weighted by atomic mass is 35.5. The Hall–Kier alpha value is -0.480. The molecule has 0 aliphatic rings. The Morgan fingerprint density at radius 2 is 1.48 bits per heavy atom. The van der Waals surface area contributed by atoms with E-state index >= 15 is 0 Å². The van der Waals surface area contributed by atoms with E-state index in [4.69, 9.17) is 16.2 Å². The summed E-state index contributed by atoms with van der Waals surface area (Å²) < 4.78 is 6.00. The van der Waals surface area contributed by atoms with Gasteiger partial charge in [0, 0.05) is 19.8 Å². The molecule has 5 heteroatoms. The van der Waals surface area contributed by atoms with E-state index in [0.717, 1.165) is 25.6 Å². The van der Waals surface area contributed by atoms with Gasteiger partial charge in [-0.2, -0.15) is 0 Å². The highest BCUT2D eigenvalue weighted by Gasteiger charge is 2.24. The molecule has 0 amide bonds. The van der Waals surface area contributed by atoms with Crippen LogP contribution >= 0.6 is 12.4 Å². The number of rotatable bonds is 12. The van der Waals surface area contributed by atoms with Crippen molar-refractivity contribution in [2.24, 2.45) is 45.0 Å². The van der Waals surface area contributed by atoms with Crippen molar-refractivity contribution in [1.82, 2.24) is 0 Å². The van der Waals surface area contributed by atoms with Crippen molar-refractivity contribution in [3.63, 3.8) is 0 Å². The molecule has 4 nitrogen and oxygen atoms in total. The summed E-state index contributed by atoms with van der Waals surface area (Å²) in [5.74, 6) is 2.23. The van der Waals surface area contributed by atoms with Crippen LogP contribution in [0, 0.1) is 28.6 Å². The van der Waals surface area contributed by atoms with E-state index in [1.807, 2.05) is 0 Å². The lowest BCUT2D eigenvalue weighted by Gasteiger charge is -2.31. The average Bonchev–Trinajstić information content (AvgIpc) is 2.41. The van der Waals surface area contributed by atoms with Crippen molar-refractivity contribution in [2.45, 2.75) is 87.5 Å². The van der Waals surface area contributed by atoms with Gasteiger partial charge in [-0.15, -0.1) is 12.4 Å². The number of nitrogens with zero attached hydrogens (tertiary/aromatic N) is 1. The van der Waals surface area contributed by atoms with Crippen LogP contribution in [0.4, 0.5) is 0 Å². The lowest BCUT2D eigenvalue weighted by molar-refractivity contribution is 0.0622. The first-order chi connectivity index (χ1) is 11.8. The minimum Gasteiger partial charge on any atom is -0.381 e. The lowest BCUT2D eigenvalue weighted by atomic mass is 9.76. The van der Waals surface area contributed by atoms with Crippen LogP contribution in [0.3, 0.4) is 0 Å². The maximum Gasteiger partial charge on any atom is 0.185 e. The first-order valence-electron chi connectivity index (χ1n) is 10.4. The van der Waals surface area contributed by atoms with Crippen LogP contribution in [0.15, 0.2) is 4.99 Å². The molecular weight excluding hydrogens is 358 g/mol. The standard InChI is InChI=1S/C22H47N3O.ClH/c1-17(14-21(3,4)5)10-11-19(18(2)15-22(6,7)8)16-26-13-9-12-25-20(23)24;/h17-19H,9-16H2,1-8H3,(H4,23,24,25);1H. The highest BCUT2D eigenvalue weighted by Crippen LogP contribution is 2.33. The highest BCUT2D eigenvalue weighted by molar-refractivity contribution is 5.85. The van der Waals surface area contributed by atoms with Crippen LogP contribution < -0.4 is 11.5 Å². The van der Waals surface area contributed by atoms with Crippen molar-refractivity contribution in [3.05, 3.63) is 0 Å². The van der Waals surface area contributed by atoms with Gasteiger partial charge in [0.2, 0.25) is 0 Å². The molecule has 0 bridgehead atoms. The molecule has 27 heavy (non-hydrogen) atoms. The zero-order valence-electron chi connectivity index (χ0n) is 19.3. The zero-order chi connectivity index (χ0) is 20.4. The van der Waals surface area contributed by atoms with Gasteiger partial charge in [-0.1, -0.05) is 61.8 Å². The van der Waals surface area contributed by atoms with E-state index in [1.165, 1.54) is 25.7 Å². The van der Waals surface area contributed by atoms with Gasteiger partial charge in [0.15, 0.2) is 5.96 Å². The molecule has 0 heterocycles. The molecule has 0 aliphatic carbocycles. The van der Waals surface area contributed by atoms with Crippen LogP contribution in [0.25, 0.3) is 0 Å². The molecule has 0 saturated heterocycles. The zero-order valence-corrected chi connectivity index (χ0v) is 20.1. The van der Waals surface area contributed by atoms with Crippen molar-refractivity contribution in [2.75, 3.05) is 19.8 Å². The second kappa shape index (κ2) is 13.7. The van der Waals surface area contributed by atoms with Gasteiger partial charge in [0.1, 0.15) is 0 Å². The monoisotopic (exact) mass is 405 g/mol. The van der Waals surface area contributed by atoms with E-state index < -0.39 is 0 Å². The molecule has 4 N–H and O–H groups in total. The molecule has 0 fully saturated rings. The Labute approximate surface area is 175 Å². The minimum atomic E-state index is 0. The summed E-state index contributed by atoms with van der Waals surface area (Å²) in [4.78, 5) is 4.01. The van der Waals surface area contributed by atoms with Crippen molar-refractivity contribution in [1.29, 1.82) is 0 Å². The summed E-state index contributed by atoms with van der Waals surface area (Å²) in [7, 11) is 0. The third-order valence-corrected chi connectivity index (χ3v) is 4.80. The fourth-order valence-corrected chi connectivity index (χ4v) is 3.92. The van der Waals surface area contributed by atoms with E-state index in [0.29, 0.717) is 29.2 Å². The number of hydrogen-bond donors (Lipinski definition) is 2. The van der Waals surface area contributed by atoms with Gasteiger partial charge >= 0.3 is 0 Å². The Morgan fingerprint density at radius 3 is 1.96 bits per heavy atom. The predicted molar refractivity (Wildman–Crippen MR) is 123 cm³/mol. The molecule has 0 saturated carbocycles. The molecule has 0 radical (unpaired) electrons.